The molecular weight excluding hydrogens is 198 g/mol. The highest BCUT2D eigenvalue weighted by Gasteiger charge is 2.39. The molecule has 0 aliphatic heterocycles. The second-order valence-electron chi connectivity index (χ2n) is 4.58. The Hall–Kier alpha value is -1.02. The van der Waals surface area contributed by atoms with Crippen molar-refractivity contribution >= 4 is 0 Å². The van der Waals surface area contributed by atoms with Gasteiger partial charge in [-0.1, -0.05) is 25.5 Å². The first-order valence-corrected chi connectivity index (χ1v) is 6.11. The van der Waals surface area contributed by atoms with Crippen LogP contribution in [0.1, 0.15) is 31.2 Å². The topological polar surface area (TPSA) is 21.3 Å². The Balaban J connectivity index is 2.07. The summed E-state index contributed by atoms with van der Waals surface area (Å²) in [6, 6.07) is 9.25. The molecule has 0 bridgehead atoms. The summed E-state index contributed by atoms with van der Waals surface area (Å²) >= 11 is 0. The molecule has 1 N–H and O–H groups in total. The van der Waals surface area contributed by atoms with Gasteiger partial charge in [-0.15, -0.1) is 0 Å². The molecule has 0 spiro atoms. The zero-order valence-electron chi connectivity index (χ0n) is 10.4. The number of hydrogen-bond donors (Lipinski definition) is 1. The summed E-state index contributed by atoms with van der Waals surface area (Å²) in [6.07, 6.45) is 2.52. The molecule has 0 amide bonds. The van der Waals surface area contributed by atoms with E-state index in [-0.39, 0.29) is 0 Å². The predicted molar refractivity (Wildman–Crippen MR) is 67.0 cm³/mol. The third-order valence-electron chi connectivity index (χ3n) is 3.93. The van der Waals surface area contributed by atoms with Gasteiger partial charge >= 0.3 is 0 Å². The van der Waals surface area contributed by atoms with Gasteiger partial charge < -0.3 is 10.1 Å². The van der Waals surface area contributed by atoms with Crippen LogP contribution in [0, 0.1) is 5.92 Å². The molecule has 3 unspecified atom stereocenters. The number of benzene rings is 1. The normalized spacial score (nSPS) is 28.6. The lowest BCUT2D eigenvalue weighted by Gasteiger charge is -2.45. The van der Waals surface area contributed by atoms with E-state index in [1.807, 2.05) is 0 Å². The third kappa shape index (κ3) is 1.94. The van der Waals surface area contributed by atoms with Crippen molar-refractivity contribution in [3.8, 4) is 5.75 Å². The molecular formula is C14H21NO. The van der Waals surface area contributed by atoms with Crippen molar-refractivity contribution in [3.05, 3.63) is 29.8 Å². The van der Waals surface area contributed by atoms with Crippen LogP contribution in [-0.2, 0) is 0 Å². The van der Waals surface area contributed by atoms with Crippen LogP contribution in [0.4, 0.5) is 0 Å². The smallest absolute Gasteiger partial charge is 0.118 e. The van der Waals surface area contributed by atoms with Crippen LogP contribution >= 0.6 is 0 Å². The molecule has 2 nitrogen and oxygen atoms in total. The zero-order valence-corrected chi connectivity index (χ0v) is 10.4. The Labute approximate surface area is 98.0 Å². The lowest BCUT2D eigenvalue weighted by molar-refractivity contribution is 0.169. The Morgan fingerprint density at radius 2 is 2.00 bits per heavy atom. The summed E-state index contributed by atoms with van der Waals surface area (Å²) in [5.41, 5.74) is 1.46. The fourth-order valence-corrected chi connectivity index (χ4v) is 2.84. The van der Waals surface area contributed by atoms with Crippen LogP contribution in [0.15, 0.2) is 24.3 Å². The highest BCUT2D eigenvalue weighted by atomic mass is 16.5. The molecule has 16 heavy (non-hydrogen) atoms. The van der Waals surface area contributed by atoms with Gasteiger partial charge in [-0.05, 0) is 43.0 Å². The number of hydrogen-bond acceptors (Lipinski definition) is 2. The standard InChI is InChI=1S/C14H21NO/c1-4-12-13(9-14(12)15-2)10-5-7-11(16-3)8-6-10/h5-8,12-15H,4,9H2,1-3H3. The zero-order chi connectivity index (χ0) is 11.5. The number of rotatable bonds is 4. The van der Waals surface area contributed by atoms with Crippen LogP contribution in [0.3, 0.4) is 0 Å². The molecule has 1 aliphatic carbocycles. The van der Waals surface area contributed by atoms with Gasteiger partial charge in [0.15, 0.2) is 0 Å². The highest BCUT2D eigenvalue weighted by molar-refractivity contribution is 5.31. The van der Waals surface area contributed by atoms with Crippen molar-refractivity contribution in [3.63, 3.8) is 0 Å². The molecule has 1 aromatic carbocycles. The second-order valence-corrected chi connectivity index (χ2v) is 4.58. The molecule has 1 fully saturated rings. The first-order valence-electron chi connectivity index (χ1n) is 6.11. The van der Waals surface area contributed by atoms with Gasteiger partial charge in [0.2, 0.25) is 0 Å². The van der Waals surface area contributed by atoms with E-state index in [1.165, 1.54) is 18.4 Å². The predicted octanol–water partition coefficient (Wildman–Crippen LogP) is 2.80. The average Bonchev–Trinajstić information content (AvgIpc) is 2.30. The molecule has 1 aliphatic rings. The van der Waals surface area contributed by atoms with Gasteiger partial charge in [0, 0.05) is 6.04 Å². The van der Waals surface area contributed by atoms with Gasteiger partial charge in [-0.25, -0.2) is 0 Å². The maximum absolute atomic E-state index is 5.18. The van der Waals surface area contributed by atoms with E-state index in [2.05, 4.69) is 43.6 Å². The Kier molecular flexibility index (Phi) is 3.49. The van der Waals surface area contributed by atoms with Crippen molar-refractivity contribution in [2.45, 2.75) is 31.7 Å². The third-order valence-corrected chi connectivity index (χ3v) is 3.93. The van der Waals surface area contributed by atoms with Crippen LogP contribution in [0.2, 0.25) is 0 Å². The minimum absolute atomic E-state index is 0.706. The fourth-order valence-electron chi connectivity index (χ4n) is 2.84. The second kappa shape index (κ2) is 4.88. The van der Waals surface area contributed by atoms with Gasteiger partial charge in [0.1, 0.15) is 5.75 Å². The highest BCUT2D eigenvalue weighted by Crippen LogP contribution is 2.44. The molecule has 0 heterocycles. The van der Waals surface area contributed by atoms with Crippen molar-refractivity contribution < 1.29 is 4.74 Å². The molecule has 88 valence electrons. The molecule has 0 aromatic heterocycles. The minimum Gasteiger partial charge on any atom is -0.497 e. The number of nitrogens with one attached hydrogen (secondary N) is 1. The summed E-state index contributed by atoms with van der Waals surface area (Å²) in [4.78, 5) is 0. The van der Waals surface area contributed by atoms with Crippen molar-refractivity contribution in [2.24, 2.45) is 5.92 Å². The molecule has 2 rings (SSSR count). The van der Waals surface area contributed by atoms with E-state index < -0.39 is 0 Å². The Morgan fingerprint density at radius 1 is 1.31 bits per heavy atom. The van der Waals surface area contributed by atoms with Crippen molar-refractivity contribution in [1.82, 2.24) is 5.32 Å². The molecule has 1 saturated carbocycles. The van der Waals surface area contributed by atoms with Gasteiger partial charge in [0.05, 0.1) is 7.11 Å². The number of ether oxygens (including phenoxy) is 1. The quantitative estimate of drug-likeness (QED) is 0.840. The first-order chi connectivity index (χ1) is 7.80. The van der Waals surface area contributed by atoms with Crippen LogP contribution in [0.5, 0.6) is 5.75 Å². The molecule has 0 saturated heterocycles. The van der Waals surface area contributed by atoms with Gasteiger partial charge in [-0.2, -0.15) is 0 Å². The molecule has 2 heteroatoms. The molecule has 0 radical (unpaired) electrons. The van der Waals surface area contributed by atoms with E-state index >= 15 is 0 Å². The van der Waals surface area contributed by atoms with E-state index in [0.717, 1.165) is 17.6 Å². The molecule has 3 atom stereocenters. The summed E-state index contributed by atoms with van der Waals surface area (Å²) in [5.74, 6) is 2.47. The SMILES string of the molecule is CCC1C(NC)CC1c1ccc(OC)cc1. The monoisotopic (exact) mass is 219 g/mol. The lowest BCUT2D eigenvalue weighted by Crippen LogP contribution is -2.47. The van der Waals surface area contributed by atoms with Crippen LogP contribution in [0.25, 0.3) is 0 Å². The van der Waals surface area contributed by atoms with E-state index in [1.54, 1.807) is 7.11 Å². The maximum Gasteiger partial charge on any atom is 0.118 e. The lowest BCUT2D eigenvalue weighted by atomic mass is 9.65. The van der Waals surface area contributed by atoms with E-state index in [9.17, 15) is 0 Å². The minimum atomic E-state index is 0.706. The first kappa shape index (κ1) is 11.5. The fraction of sp³-hybridized carbons (Fsp3) is 0.571. The maximum atomic E-state index is 5.18. The Bertz CT molecular complexity index is 333. The average molecular weight is 219 g/mol. The van der Waals surface area contributed by atoms with Crippen molar-refractivity contribution in [2.75, 3.05) is 14.2 Å². The Morgan fingerprint density at radius 3 is 2.50 bits per heavy atom. The summed E-state index contributed by atoms with van der Waals surface area (Å²) in [5, 5.41) is 3.40. The van der Waals surface area contributed by atoms with E-state index in [0.29, 0.717) is 6.04 Å². The summed E-state index contributed by atoms with van der Waals surface area (Å²) < 4.78 is 5.18. The molecule has 1 aromatic rings. The largest absolute Gasteiger partial charge is 0.497 e. The van der Waals surface area contributed by atoms with Crippen molar-refractivity contribution in [1.29, 1.82) is 0 Å². The van der Waals surface area contributed by atoms with Crippen LogP contribution in [-0.4, -0.2) is 20.2 Å². The summed E-state index contributed by atoms with van der Waals surface area (Å²) in [7, 11) is 3.78. The van der Waals surface area contributed by atoms with E-state index in [4.69, 9.17) is 4.74 Å². The summed E-state index contributed by atoms with van der Waals surface area (Å²) in [6.45, 7) is 2.28. The van der Waals surface area contributed by atoms with Gasteiger partial charge in [-0.3, -0.25) is 0 Å². The number of methoxy groups -OCH3 is 1. The van der Waals surface area contributed by atoms with Gasteiger partial charge in [0.25, 0.3) is 0 Å². The van der Waals surface area contributed by atoms with Crippen LogP contribution < -0.4 is 10.1 Å².